The lowest BCUT2D eigenvalue weighted by Gasteiger charge is -2.42. The van der Waals surface area contributed by atoms with Crippen molar-refractivity contribution in [2.75, 3.05) is 20.1 Å². The zero-order valence-corrected chi connectivity index (χ0v) is 16.1. The van der Waals surface area contributed by atoms with Crippen molar-refractivity contribution in [1.82, 2.24) is 21.1 Å². The minimum atomic E-state index is -0.473. The number of nitrogens with one attached hydrogen (secondary N) is 3. The normalized spacial score (nSPS) is 33.3. The van der Waals surface area contributed by atoms with Gasteiger partial charge in [0.1, 0.15) is 17.4 Å². The van der Waals surface area contributed by atoms with Crippen LogP contribution in [0.3, 0.4) is 0 Å². The standard InChI is InChI=1S/C19H25ClN4O3/c1-24-9-8-19(7-6-16(24)25)10-14(12-4-2-3-5-15(12)27-19)22-18(26)17-13(20)11-21-23-17/h2-5,13-14,17,21,23H,6-11H2,1H3,(H,22,26). The Bertz CT molecular complexity index is 745. The Morgan fingerprint density at radius 1 is 1.37 bits per heavy atom. The van der Waals surface area contributed by atoms with Crippen LogP contribution in [0.1, 0.15) is 37.3 Å². The molecule has 3 heterocycles. The molecule has 27 heavy (non-hydrogen) atoms. The summed E-state index contributed by atoms with van der Waals surface area (Å²) >= 11 is 6.23. The number of hydrogen-bond acceptors (Lipinski definition) is 5. The van der Waals surface area contributed by atoms with E-state index in [-0.39, 0.29) is 23.2 Å². The molecule has 0 aromatic heterocycles. The van der Waals surface area contributed by atoms with Crippen LogP contribution >= 0.6 is 11.6 Å². The monoisotopic (exact) mass is 392 g/mol. The first-order valence-electron chi connectivity index (χ1n) is 9.42. The van der Waals surface area contributed by atoms with E-state index in [1.54, 1.807) is 4.90 Å². The van der Waals surface area contributed by atoms with E-state index < -0.39 is 11.6 Å². The van der Waals surface area contributed by atoms with E-state index in [1.165, 1.54) is 0 Å². The molecule has 1 aromatic carbocycles. The molecule has 146 valence electrons. The van der Waals surface area contributed by atoms with Crippen molar-refractivity contribution in [3.63, 3.8) is 0 Å². The number of likely N-dealkylation sites (tertiary alicyclic amines) is 1. The molecule has 4 rings (SSSR count). The second-order valence-electron chi connectivity index (χ2n) is 7.67. The van der Waals surface area contributed by atoms with E-state index in [2.05, 4.69) is 16.2 Å². The van der Waals surface area contributed by atoms with Crippen LogP contribution in [0.25, 0.3) is 0 Å². The number of carbonyl (C=O) groups is 2. The van der Waals surface area contributed by atoms with Gasteiger partial charge in [-0.2, -0.15) is 0 Å². The number of hydrazine groups is 1. The number of amides is 2. The van der Waals surface area contributed by atoms with Crippen molar-refractivity contribution in [3.8, 4) is 5.75 Å². The molecule has 0 aliphatic carbocycles. The average Bonchev–Trinajstić information content (AvgIpc) is 3.05. The van der Waals surface area contributed by atoms with Gasteiger partial charge in [-0.3, -0.25) is 15.0 Å². The molecule has 0 bridgehead atoms. The molecule has 3 N–H and O–H groups in total. The number of fused-ring (bicyclic) bond motifs is 1. The fourth-order valence-electron chi connectivity index (χ4n) is 4.17. The fraction of sp³-hybridized carbons (Fsp3) is 0.579. The summed E-state index contributed by atoms with van der Waals surface area (Å²) in [6, 6.07) is 7.16. The number of halogens is 1. The Morgan fingerprint density at radius 3 is 2.96 bits per heavy atom. The van der Waals surface area contributed by atoms with Crippen LogP contribution in [0.2, 0.25) is 0 Å². The number of para-hydroxylation sites is 1. The lowest BCUT2D eigenvalue weighted by atomic mass is 9.82. The Kier molecular flexibility index (Phi) is 5.01. The molecule has 3 aliphatic rings. The van der Waals surface area contributed by atoms with Gasteiger partial charge >= 0.3 is 0 Å². The quantitative estimate of drug-likeness (QED) is 0.656. The highest BCUT2D eigenvalue weighted by molar-refractivity contribution is 6.23. The molecule has 1 spiro atoms. The molecule has 2 amide bonds. The van der Waals surface area contributed by atoms with Crippen molar-refractivity contribution in [2.45, 2.75) is 48.7 Å². The highest BCUT2D eigenvalue weighted by Gasteiger charge is 2.44. The molecule has 7 nitrogen and oxygen atoms in total. The summed E-state index contributed by atoms with van der Waals surface area (Å²) in [5.41, 5.74) is 6.38. The summed E-state index contributed by atoms with van der Waals surface area (Å²) in [7, 11) is 1.83. The highest BCUT2D eigenvalue weighted by atomic mass is 35.5. The topological polar surface area (TPSA) is 82.7 Å². The van der Waals surface area contributed by atoms with Gasteiger partial charge in [-0.1, -0.05) is 18.2 Å². The number of alkyl halides is 1. The Labute approximate surface area is 163 Å². The third-order valence-electron chi connectivity index (χ3n) is 5.84. The van der Waals surface area contributed by atoms with E-state index in [9.17, 15) is 9.59 Å². The third kappa shape index (κ3) is 3.63. The van der Waals surface area contributed by atoms with Gasteiger partial charge in [0, 0.05) is 45.0 Å². The van der Waals surface area contributed by atoms with E-state index in [1.807, 2.05) is 31.3 Å². The van der Waals surface area contributed by atoms with Gasteiger partial charge in [0.05, 0.1) is 11.4 Å². The van der Waals surface area contributed by atoms with Crippen LogP contribution in [-0.2, 0) is 9.59 Å². The first-order chi connectivity index (χ1) is 13.0. The van der Waals surface area contributed by atoms with Gasteiger partial charge in [-0.25, -0.2) is 5.43 Å². The number of benzene rings is 1. The molecule has 0 saturated carbocycles. The van der Waals surface area contributed by atoms with Crippen LogP contribution in [0.5, 0.6) is 5.75 Å². The van der Waals surface area contributed by atoms with E-state index >= 15 is 0 Å². The van der Waals surface area contributed by atoms with Crippen LogP contribution < -0.4 is 20.9 Å². The zero-order chi connectivity index (χ0) is 19.0. The molecule has 0 radical (unpaired) electrons. The number of nitrogens with zero attached hydrogens (tertiary/aromatic N) is 1. The summed E-state index contributed by atoms with van der Waals surface area (Å²) in [5, 5.41) is 2.86. The van der Waals surface area contributed by atoms with Crippen molar-refractivity contribution in [1.29, 1.82) is 0 Å². The van der Waals surface area contributed by atoms with Gasteiger partial charge in [-0.15, -0.1) is 11.6 Å². The Balaban J connectivity index is 1.58. The summed E-state index contributed by atoms with van der Waals surface area (Å²) in [6.45, 7) is 1.20. The molecular formula is C19H25ClN4O3. The SMILES string of the molecule is CN1CCC2(CCC1=O)CC(NC(=O)C1NNCC1Cl)c1ccccc1O2. The molecule has 2 fully saturated rings. The lowest BCUT2D eigenvalue weighted by Crippen LogP contribution is -2.51. The van der Waals surface area contributed by atoms with Crippen LogP contribution in [-0.4, -0.2) is 53.9 Å². The Hall–Kier alpha value is -1.83. The molecule has 4 unspecified atom stereocenters. The molecular weight excluding hydrogens is 368 g/mol. The van der Waals surface area contributed by atoms with Gasteiger partial charge < -0.3 is 15.0 Å². The van der Waals surface area contributed by atoms with E-state index in [0.29, 0.717) is 32.4 Å². The maximum Gasteiger partial charge on any atom is 0.240 e. The van der Waals surface area contributed by atoms with Gasteiger partial charge in [0.25, 0.3) is 0 Å². The Morgan fingerprint density at radius 2 is 2.19 bits per heavy atom. The number of hydrogen-bond donors (Lipinski definition) is 3. The second-order valence-corrected chi connectivity index (χ2v) is 8.23. The van der Waals surface area contributed by atoms with Crippen molar-refractivity contribution < 1.29 is 14.3 Å². The van der Waals surface area contributed by atoms with Gasteiger partial charge in [-0.05, 0) is 12.5 Å². The lowest BCUT2D eigenvalue weighted by molar-refractivity contribution is -0.129. The third-order valence-corrected chi connectivity index (χ3v) is 6.24. The fourth-order valence-corrected chi connectivity index (χ4v) is 4.42. The van der Waals surface area contributed by atoms with Gasteiger partial charge in [0.15, 0.2) is 0 Å². The van der Waals surface area contributed by atoms with Crippen molar-refractivity contribution in [3.05, 3.63) is 29.8 Å². The largest absolute Gasteiger partial charge is 0.487 e. The molecule has 8 heteroatoms. The highest BCUT2D eigenvalue weighted by Crippen LogP contribution is 2.44. The van der Waals surface area contributed by atoms with Crippen molar-refractivity contribution >= 4 is 23.4 Å². The first-order valence-corrected chi connectivity index (χ1v) is 9.86. The predicted molar refractivity (Wildman–Crippen MR) is 101 cm³/mol. The minimum Gasteiger partial charge on any atom is -0.487 e. The zero-order valence-electron chi connectivity index (χ0n) is 15.3. The van der Waals surface area contributed by atoms with E-state index in [0.717, 1.165) is 17.7 Å². The summed E-state index contributed by atoms with van der Waals surface area (Å²) in [4.78, 5) is 26.7. The van der Waals surface area contributed by atoms with Crippen LogP contribution in [0, 0.1) is 0 Å². The number of ether oxygens (including phenoxy) is 1. The average molecular weight is 393 g/mol. The van der Waals surface area contributed by atoms with Crippen molar-refractivity contribution in [2.24, 2.45) is 0 Å². The van der Waals surface area contributed by atoms with Crippen LogP contribution in [0.15, 0.2) is 24.3 Å². The number of rotatable bonds is 2. The molecule has 4 atom stereocenters. The molecule has 2 saturated heterocycles. The second kappa shape index (κ2) is 7.30. The maximum absolute atomic E-state index is 12.8. The van der Waals surface area contributed by atoms with Crippen LogP contribution in [0.4, 0.5) is 0 Å². The molecule has 3 aliphatic heterocycles. The molecule has 1 aromatic rings. The predicted octanol–water partition coefficient (Wildman–Crippen LogP) is 1.09. The van der Waals surface area contributed by atoms with E-state index in [4.69, 9.17) is 16.3 Å². The number of carbonyl (C=O) groups excluding carboxylic acids is 2. The first kappa shape index (κ1) is 18.5. The summed E-state index contributed by atoms with van der Waals surface area (Å²) < 4.78 is 6.41. The summed E-state index contributed by atoms with van der Waals surface area (Å²) in [5.74, 6) is 0.797. The van der Waals surface area contributed by atoms with Gasteiger partial charge in [0.2, 0.25) is 11.8 Å². The maximum atomic E-state index is 12.8. The summed E-state index contributed by atoms with van der Waals surface area (Å²) in [6.07, 6.45) is 2.50. The smallest absolute Gasteiger partial charge is 0.240 e. The minimum absolute atomic E-state index is 0.126.